The minimum Gasteiger partial charge on any atom is -0.496 e. The van der Waals surface area contributed by atoms with E-state index < -0.39 is 0 Å². The molecule has 0 spiro atoms. The molecule has 1 unspecified atom stereocenters. The summed E-state index contributed by atoms with van der Waals surface area (Å²) >= 11 is 0. The van der Waals surface area contributed by atoms with Gasteiger partial charge in [-0.15, -0.1) is 0 Å². The molecule has 1 atom stereocenters. The highest BCUT2D eigenvalue weighted by atomic mass is 16.5. The second-order valence-electron chi connectivity index (χ2n) is 7.04. The van der Waals surface area contributed by atoms with Crippen LogP contribution in [0.2, 0.25) is 0 Å². The molecule has 6 heteroatoms. The molecule has 3 aromatic rings. The summed E-state index contributed by atoms with van der Waals surface area (Å²) in [6, 6.07) is 15.5. The molecule has 1 aromatic heterocycles. The third-order valence-electron chi connectivity index (χ3n) is 5.14. The number of amides is 1. The molecule has 1 aliphatic rings. The van der Waals surface area contributed by atoms with Crippen molar-refractivity contribution in [3.63, 3.8) is 0 Å². The Kier molecular flexibility index (Phi) is 5.10. The fourth-order valence-electron chi connectivity index (χ4n) is 3.74. The smallest absolute Gasteiger partial charge is 0.253 e. The van der Waals surface area contributed by atoms with Gasteiger partial charge in [-0.25, -0.2) is 0 Å². The van der Waals surface area contributed by atoms with E-state index in [0.29, 0.717) is 23.8 Å². The van der Waals surface area contributed by atoms with E-state index in [4.69, 9.17) is 9.26 Å². The van der Waals surface area contributed by atoms with E-state index in [2.05, 4.69) is 10.1 Å². The van der Waals surface area contributed by atoms with Crippen LogP contribution >= 0.6 is 0 Å². The van der Waals surface area contributed by atoms with E-state index >= 15 is 0 Å². The number of aromatic nitrogens is 2. The van der Waals surface area contributed by atoms with E-state index in [1.807, 2.05) is 53.4 Å². The summed E-state index contributed by atoms with van der Waals surface area (Å²) in [5.41, 5.74) is 2.61. The topological polar surface area (TPSA) is 68.5 Å². The Hall–Kier alpha value is -3.15. The summed E-state index contributed by atoms with van der Waals surface area (Å²) in [6.07, 6.45) is 1.89. The summed E-state index contributed by atoms with van der Waals surface area (Å²) < 4.78 is 10.6. The molecule has 1 amide bonds. The van der Waals surface area contributed by atoms with Gasteiger partial charge in [0.2, 0.25) is 5.89 Å². The van der Waals surface area contributed by atoms with Crippen LogP contribution in [-0.2, 0) is 0 Å². The number of aryl methyl sites for hydroxylation is 1. The Bertz CT molecular complexity index is 982. The van der Waals surface area contributed by atoms with Crippen molar-refractivity contribution in [1.29, 1.82) is 0 Å². The first-order chi connectivity index (χ1) is 13.7. The highest BCUT2D eigenvalue weighted by Gasteiger charge is 2.28. The molecule has 144 valence electrons. The average Bonchev–Trinajstić information content (AvgIpc) is 3.19. The van der Waals surface area contributed by atoms with Gasteiger partial charge in [-0.3, -0.25) is 4.79 Å². The van der Waals surface area contributed by atoms with Crippen molar-refractivity contribution in [3.05, 3.63) is 65.8 Å². The predicted molar refractivity (Wildman–Crippen MR) is 105 cm³/mol. The summed E-state index contributed by atoms with van der Waals surface area (Å²) in [5, 5.41) is 4.04. The summed E-state index contributed by atoms with van der Waals surface area (Å²) in [7, 11) is 1.65. The molecule has 28 heavy (non-hydrogen) atoms. The third kappa shape index (κ3) is 3.63. The first-order valence-corrected chi connectivity index (χ1v) is 9.48. The predicted octanol–water partition coefficient (Wildman–Crippen LogP) is 4.07. The number of likely N-dealkylation sites (tertiary alicyclic amines) is 1. The van der Waals surface area contributed by atoms with Gasteiger partial charge < -0.3 is 14.2 Å². The molecule has 1 aliphatic heterocycles. The average molecular weight is 377 g/mol. The van der Waals surface area contributed by atoms with Crippen LogP contribution in [0.15, 0.2) is 53.1 Å². The van der Waals surface area contributed by atoms with Crippen molar-refractivity contribution in [3.8, 4) is 16.9 Å². The number of carbonyl (C=O) groups excluding carboxylic acids is 1. The Morgan fingerprint density at radius 2 is 2.07 bits per heavy atom. The van der Waals surface area contributed by atoms with Gasteiger partial charge in [-0.1, -0.05) is 35.5 Å². The summed E-state index contributed by atoms with van der Waals surface area (Å²) in [4.78, 5) is 19.4. The van der Waals surface area contributed by atoms with Crippen molar-refractivity contribution >= 4 is 5.91 Å². The monoisotopic (exact) mass is 377 g/mol. The van der Waals surface area contributed by atoms with E-state index in [1.54, 1.807) is 14.0 Å². The van der Waals surface area contributed by atoms with Crippen molar-refractivity contribution < 1.29 is 14.1 Å². The Labute approximate surface area is 164 Å². The van der Waals surface area contributed by atoms with Crippen molar-refractivity contribution in [2.75, 3.05) is 20.2 Å². The lowest BCUT2D eigenvalue weighted by atomic mass is 9.96. The van der Waals surface area contributed by atoms with Crippen LogP contribution in [0.3, 0.4) is 0 Å². The van der Waals surface area contributed by atoms with Gasteiger partial charge in [0.05, 0.1) is 7.11 Å². The normalized spacial score (nSPS) is 16.8. The molecular formula is C22H23N3O3. The van der Waals surface area contributed by atoms with Gasteiger partial charge >= 0.3 is 0 Å². The number of hydrogen-bond donors (Lipinski definition) is 0. The minimum atomic E-state index is 0.0293. The number of benzene rings is 2. The molecule has 0 aliphatic carbocycles. The van der Waals surface area contributed by atoms with Crippen LogP contribution in [0.1, 0.15) is 40.8 Å². The molecule has 4 rings (SSSR count). The van der Waals surface area contributed by atoms with Gasteiger partial charge in [-0.05, 0) is 36.6 Å². The zero-order valence-electron chi connectivity index (χ0n) is 16.1. The quantitative estimate of drug-likeness (QED) is 0.685. The number of hydrogen-bond acceptors (Lipinski definition) is 5. The zero-order valence-corrected chi connectivity index (χ0v) is 16.1. The van der Waals surface area contributed by atoms with E-state index in [9.17, 15) is 4.79 Å². The van der Waals surface area contributed by atoms with Crippen molar-refractivity contribution in [2.45, 2.75) is 25.7 Å². The number of ether oxygens (including phenoxy) is 1. The summed E-state index contributed by atoms with van der Waals surface area (Å²) in [5.74, 6) is 2.19. The van der Waals surface area contributed by atoms with Gasteiger partial charge in [0, 0.05) is 37.1 Å². The largest absolute Gasteiger partial charge is 0.496 e. The Morgan fingerprint density at radius 3 is 2.86 bits per heavy atom. The van der Waals surface area contributed by atoms with E-state index in [1.165, 1.54) is 0 Å². The van der Waals surface area contributed by atoms with Crippen molar-refractivity contribution in [2.24, 2.45) is 0 Å². The number of methoxy groups -OCH3 is 1. The van der Waals surface area contributed by atoms with Crippen LogP contribution in [0, 0.1) is 6.92 Å². The molecule has 0 radical (unpaired) electrons. The minimum absolute atomic E-state index is 0.0293. The highest BCUT2D eigenvalue weighted by Crippen LogP contribution is 2.31. The van der Waals surface area contributed by atoms with E-state index in [0.717, 1.165) is 36.3 Å². The van der Waals surface area contributed by atoms with Crippen molar-refractivity contribution in [1.82, 2.24) is 15.0 Å². The molecule has 0 bridgehead atoms. The first-order valence-electron chi connectivity index (χ1n) is 9.48. The number of nitrogens with zero attached hydrogens (tertiary/aromatic N) is 3. The SMILES string of the molecule is COc1ccccc1-c1cccc(C(=O)N2CCCC(c3noc(C)n3)C2)c1. The molecule has 6 nitrogen and oxygen atoms in total. The zero-order chi connectivity index (χ0) is 19.5. The lowest BCUT2D eigenvalue weighted by Crippen LogP contribution is -2.39. The molecule has 0 N–H and O–H groups in total. The maximum Gasteiger partial charge on any atom is 0.253 e. The summed E-state index contributed by atoms with van der Waals surface area (Å²) in [6.45, 7) is 3.13. The molecule has 1 fully saturated rings. The molecule has 2 aromatic carbocycles. The number of carbonyl (C=O) groups is 1. The number of para-hydroxylation sites is 1. The standard InChI is InChI=1S/C22H23N3O3/c1-15-23-21(24-28-15)18-9-6-12-25(14-18)22(26)17-8-5-7-16(13-17)19-10-3-4-11-20(19)27-2/h3-5,7-8,10-11,13,18H,6,9,12,14H2,1-2H3. The maximum atomic E-state index is 13.2. The lowest BCUT2D eigenvalue weighted by molar-refractivity contribution is 0.0703. The van der Waals surface area contributed by atoms with Crippen LogP contribution in [0.5, 0.6) is 5.75 Å². The third-order valence-corrected chi connectivity index (χ3v) is 5.14. The van der Waals surface area contributed by atoms with Crippen LogP contribution in [0.25, 0.3) is 11.1 Å². The van der Waals surface area contributed by atoms with Crippen LogP contribution in [0.4, 0.5) is 0 Å². The Morgan fingerprint density at radius 1 is 1.21 bits per heavy atom. The number of piperidine rings is 1. The van der Waals surface area contributed by atoms with Crippen LogP contribution in [-0.4, -0.2) is 41.1 Å². The molecule has 2 heterocycles. The molecule has 0 saturated carbocycles. The first kappa shape index (κ1) is 18.2. The van der Waals surface area contributed by atoms with E-state index in [-0.39, 0.29) is 11.8 Å². The second-order valence-corrected chi connectivity index (χ2v) is 7.04. The van der Waals surface area contributed by atoms with Gasteiger partial charge in [0.25, 0.3) is 5.91 Å². The fraction of sp³-hybridized carbons (Fsp3) is 0.318. The molecular weight excluding hydrogens is 354 g/mol. The Balaban J connectivity index is 1.56. The highest BCUT2D eigenvalue weighted by molar-refractivity contribution is 5.95. The van der Waals surface area contributed by atoms with Gasteiger partial charge in [-0.2, -0.15) is 4.98 Å². The maximum absolute atomic E-state index is 13.2. The van der Waals surface area contributed by atoms with Gasteiger partial charge in [0.15, 0.2) is 5.82 Å². The van der Waals surface area contributed by atoms with Gasteiger partial charge in [0.1, 0.15) is 5.75 Å². The number of rotatable bonds is 4. The second kappa shape index (κ2) is 7.84. The fourth-order valence-corrected chi connectivity index (χ4v) is 3.74. The lowest BCUT2D eigenvalue weighted by Gasteiger charge is -2.31. The van der Waals surface area contributed by atoms with Crippen LogP contribution < -0.4 is 4.74 Å². The molecule has 1 saturated heterocycles.